The van der Waals surface area contributed by atoms with Gasteiger partial charge in [-0.2, -0.15) is 0 Å². The topological polar surface area (TPSA) is 25.8 Å². The van der Waals surface area contributed by atoms with Crippen LogP contribution in [-0.4, -0.2) is 9.97 Å². The second kappa shape index (κ2) is 6.06. The maximum atomic E-state index is 4.73. The van der Waals surface area contributed by atoms with Gasteiger partial charge in [-0.25, -0.2) is 9.97 Å². The third kappa shape index (κ3) is 2.84. The average molecular weight is 358 g/mol. The molecule has 2 nitrogen and oxygen atoms in total. The SMILES string of the molecule is c1ccc2sc(Cc3ccc(-c4nc5ccccc5s4)cc3)nc2c1. The monoisotopic (exact) mass is 358 g/mol. The van der Waals surface area contributed by atoms with Crippen LogP contribution in [0.2, 0.25) is 0 Å². The van der Waals surface area contributed by atoms with Crippen molar-refractivity contribution in [2.75, 3.05) is 0 Å². The molecule has 0 N–H and O–H groups in total. The summed E-state index contributed by atoms with van der Waals surface area (Å²) in [5.41, 5.74) is 4.62. The van der Waals surface area contributed by atoms with Crippen LogP contribution in [0.1, 0.15) is 10.6 Å². The van der Waals surface area contributed by atoms with E-state index < -0.39 is 0 Å². The highest BCUT2D eigenvalue weighted by molar-refractivity contribution is 7.21. The maximum Gasteiger partial charge on any atom is 0.124 e. The Hall–Kier alpha value is -2.56. The zero-order valence-corrected chi connectivity index (χ0v) is 15.0. The Morgan fingerprint density at radius 3 is 1.96 bits per heavy atom. The van der Waals surface area contributed by atoms with Gasteiger partial charge < -0.3 is 0 Å². The van der Waals surface area contributed by atoms with Crippen LogP contribution in [0.15, 0.2) is 72.8 Å². The lowest BCUT2D eigenvalue weighted by molar-refractivity contribution is 1.16. The van der Waals surface area contributed by atoms with E-state index in [1.54, 1.807) is 22.7 Å². The van der Waals surface area contributed by atoms with Crippen LogP contribution >= 0.6 is 22.7 Å². The fourth-order valence-corrected chi connectivity index (χ4v) is 4.90. The molecule has 0 aliphatic rings. The van der Waals surface area contributed by atoms with Crippen molar-refractivity contribution in [3.63, 3.8) is 0 Å². The van der Waals surface area contributed by atoms with E-state index in [-0.39, 0.29) is 0 Å². The lowest BCUT2D eigenvalue weighted by Gasteiger charge is -2.00. The van der Waals surface area contributed by atoms with Crippen LogP contribution in [0.25, 0.3) is 31.0 Å². The van der Waals surface area contributed by atoms with Crippen LogP contribution in [0, 0.1) is 0 Å². The molecule has 0 saturated carbocycles. The molecule has 0 atom stereocenters. The minimum absolute atomic E-state index is 0.874. The summed E-state index contributed by atoms with van der Waals surface area (Å²) < 4.78 is 2.49. The number of benzene rings is 3. The van der Waals surface area contributed by atoms with E-state index in [1.807, 2.05) is 12.1 Å². The molecule has 0 amide bonds. The third-order valence-corrected chi connectivity index (χ3v) is 6.31. The van der Waals surface area contributed by atoms with Crippen molar-refractivity contribution in [1.29, 1.82) is 0 Å². The molecule has 0 saturated heterocycles. The Morgan fingerprint density at radius 2 is 1.28 bits per heavy atom. The molecule has 2 aromatic heterocycles. The van der Waals surface area contributed by atoms with Gasteiger partial charge in [0.15, 0.2) is 0 Å². The number of hydrogen-bond donors (Lipinski definition) is 0. The summed E-state index contributed by atoms with van der Waals surface area (Å²) in [4.78, 5) is 9.46. The van der Waals surface area contributed by atoms with Gasteiger partial charge in [0, 0.05) is 12.0 Å². The molecule has 0 fully saturated rings. The molecule has 3 aromatic carbocycles. The van der Waals surface area contributed by atoms with Gasteiger partial charge in [-0.15, -0.1) is 22.7 Å². The van der Waals surface area contributed by atoms with Crippen molar-refractivity contribution < 1.29 is 0 Å². The summed E-state index contributed by atoms with van der Waals surface area (Å²) in [6, 6.07) is 25.3. The number of hydrogen-bond acceptors (Lipinski definition) is 4. The summed E-state index contributed by atoms with van der Waals surface area (Å²) >= 11 is 3.52. The van der Waals surface area contributed by atoms with Crippen molar-refractivity contribution in [3.8, 4) is 10.6 Å². The third-order valence-electron chi connectivity index (χ3n) is 4.19. The molecule has 0 radical (unpaired) electrons. The maximum absolute atomic E-state index is 4.73. The van der Waals surface area contributed by atoms with Crippen molar-refractivity contribution in [3.05, 3.63) is 83.4 Å². The lowest BCUT2D eigenvalue weighted by Crippen LogP contribution is -1.87. The lowest BCUT2D eigenvalue weighted by atomic mass is 10.1. The fraction of sp³-hybridized carbons (Fsp3) is 0.0476. The fourth-order valence-electron chi connectivity index (χ4n) is 2.93. The minimum atomic E-state index is 0.874. The first-order valence-corrected chi connectivity index (χ1v) is 9.78. The smallest absolute Gasteiger partial charge is 0.124 e. The van der Waals surface area contributed by atoms with Crippen LogP contribution in [-0.2, 0) is 6.42 Å². The quantitative estimate of drug-likeness (QED) is 0.386. The van der Waals surface area contributed by atoms with E-state index in [0.717, 1.165) is 27.5 Å². The van der Waals surface area contributed by atoms with Crippen molar-refractivity contribution in [2.45, 2.75) is 6.42 Å². The van der Waals surface area contributed by atoms with E-state index in [9.17, 15) is 0 Å². The van der Waals surface area contributed by atoms with Crippen LogP contribution < -0.4 is 0 Å². The van der Waals surface area contributed by atoms with Crippen LogP contribution in [0.5, 0.6) is 0 Å². The number of aromatic nitrogens is 2. The van der Waals surface area contributed by atoms with Gasteiger partial charge in [0.2, 0.25) is 0 Å². The highest BCUT2D eigenvalue weighted by Crippen LogP contribution is 2.30. The molecule has 25 heavy (non-hydrogen) atoms. The Labute approximate surface area is 153 Å². The van der Waals surface area contributed by atoms with E-state index in [1.165, 1.54) is 20.5 Å². The summed E-state index contributed by atoms with van der Waals surface area (Å²) in [5, 5.41) is 2.24. The molecule has 120 valence electrons. The Bertz CT molecular complexity index is 1100. The molecule has 0 unspecified atom stereocenters. The zero-order chi connectivity index (χ0) is 16.6. The van der Waals surface area contributed by atoms with E-state index in [2.05, 4.69) is 60.7 Å². The second-order valence-corrected chi connectivity index (χ2v) is 8.08. The summed E-state index contributed by atoms with van der Waals surface area (Å²) in [5.74, 6) is 0. The first kappa shape index (κ1) is 14.8. The first-order valence-electron chi connectivity index (χ1n) is 8.14. The van der Waals surface area contributed by atoms with Gasteiger partial charge in [-0.1, -0.05) is 48.5 Å². The van der Waals surface area contributed by atoms with Gasteiger partial charge in [-0.3, -0.25) is 0 Å². The predicted octanol–water partition coefficient (Wildman–Crippen LogP) is 6.16. The summed E-state index contributed by atoms with van der Waals surface area (Å²) in [7, 11) is 0. The van der Waals surface area contributed by atoms with Gasteiger partial charge in [0.1, 0.15) is 5.01 Å². The highest BCUT2D eigenvalue weighted by atomic mass is 32.1. The molecular weight excluding hydrogens is 344 g/mol. The molecule has 0 aliphatic carbocycles. The molecule has 5 aromatic rings. The molecule has 4 heteroatoms. The largest absolute Gasteiger partial charge is 0.241 e. The van der Waals surface area contributed by atoms with E-state index >= 15 is 0 Å². The first-order chi connectivity index (χ1) is 12.3. The number of thiazole rings is 2. The van der Waals surface area contributed by atoms with Gasteiger partial charge in [0.25, 0.3) is 0 Å². The second-order valence-electron chi connectivity index (χ2n) is 5.94. The Kier molecular flexibility index (Phi) is 3.58. The molecule has 0 spiro atoms. The van der Waals surface area contributed by atoms with Gasteiger partial charge in [-0.05, 0) is 29.8 Å². The minimum Gasteiger partial charge on any atom is -0.241 e. The van der Waals surface area contributed by atoms with Crippen molar-refractivity contribution >= 4 is 43.1 Å². The Morgan fingerprint density at radius 1 is 0.640 bits per heavy atom. The number of rotatable bonds is 3. The molecule has 0 bridgehead atoms. The van der Waals surface area contributed by atoms with E-state index in [0.29, 0.717) is 0 Å². The van der Waals surface area contributed by atoms with Crippen molar-refractivity contribution in [1.82, 2.24) is 9.97 Å². The molecule has 5 rings (SSSR count). The summed E-state index contributed by atoms with van der Waals surface area (Å²) in [6.07, 6.45) is 0.874. The van der Waals surface area contributed by atoms with Gasteiger partial charge in [0.05, 0.1) is 25.4 Å². The predicted molar refractivity (Wildman–Crippen MR) is 107 cm³/mol. The van der Waals surface area contributed by atoms with E-state index in [4.69, 9.17) is 9.97 Å². The summed E-state index contributed by atoms with van der Waals surface area (Å²) in [6.45, 7) is 0. The van der Waals surface area contributed by atoms with Gasteiger partial charge >= 0.3 is 0 Å². The van der Waals surface area contributed by atoms with Crippen LogP contribution in [0.3, 0.4) is 0 Å². The average Bonchev–Trinajstić information content (AvgIpc) is 3.25. The highest BCUT2D eigenvalue weighted by Gasteiger charge is 2.07. The Balaban J connectivity index is 1.42. The molecule has 0 aliphatic heterocycles. The van der Waals surface area contributed by atoms with Crippen molar-refractivity contribution in [2.24, 2.45) is 0 Å². The normalized spacial score (nSPS) is 11.4. The van der Waals surface area contributed by atoms with Crippen LogP contribution in [0.4, 0.5) is 0 Å². The molecule has 2 heterocycles. The molecular formula is C21H14N2S2. The number of fused-ring (bicyclic) bond motifs is 2. The zero-order valence-electron chi connectivity index (χ0n) is 13.3. The number of nitrogens with zero attached hydrogens (tertiary/aromatic N) is 2. The number of para-hydroxylation sites is 2. The standard InChI is InChI=1S/C21H14N2S2/c1-3-7-18-16(5-1)22-20(24-18)13-14-9-11-15(12-10-14)21-23-17-6-2-4-8-19(17)25-21/h1-12H,13H2.